The Labute approximate surface area is 122 Å². The Balaban J connectivity index is 2.10. The molecule has 1 aromatic heterocycles. The van der Waals surface area contributed by atoms with Gasteiger partial charge in [0, 0.05) is 11.9 Å². The van der Waals surface area contributed by atoms with Gasteiger partial charge in [0.25, 0.3) is 0 Å². The van der Waals surface area contributed by atoms with Crippen molar-refractivity contribution in [3.05, 3.63) is 35.9 Å². The third kappa shape index (κ3) is 2.29. The normalized spacial score (nSPS) is 17.7. The number of ether oxygens (including phenoxy) is 1. The Morgan fingerprint density at radius 2 is 2.29 bits per heavy atom. The number of methoxy groups -OCH3 is 1. The standard InChI is InChI=1S/C16H15N3O2/c1-21-16(20)14-7-4-8-19(14)15-12(10-17)9-11-5-2-3-6-13(11)18-15/h2-3,5-6,9,14H,4,7-8H2,1H3. The van der Waals surface area contributed by atoms with Gasteiger partial charge in [-0.3, -0.25) is 0 Å². The highest BCUT2D eigenvalue weighted by Gasteiger charge is 2.33. The number of esters is 1. The molecule has 1 fully saturated rings. The van der Waals surface area contributed by atoms with Gasteiger partial charge in [0.2, 0.25) is 0 Å². The Bertz CT molecular complexity index is 736. The van der Waals surface area contributed by atoms with Gasteiger partial charge in [-0.25, -0.2) is 9.78 Å². The number of fused-ring (bicyclic) bond motifs is 1. The Morgan fingerprint density at radius 1 is 1.48 bits per heavy atom. The topological polar surface area (TPSA) is 66.2 Å². The van der Waals surface area contributed by atoms with Crippen molar-refractivity contribution < 1.29 is 9.53 Å². The van der Waals surface area contributed by atoms with E-state index in [4.69, 9.17) is 4.74 Å². The number of anilines is 1. The van der Waals surface area contributed by atoms with Crippen LogP contribution in [0.1, 0.15) is 18.4 Å². The van der Waals surface area contributed by atoms with Crippen molar-refractivity contribution in [3.8, 4) is 6.07 Å². The molecule has 1 aromatic carbocycles. The highest BCUT2D eigenvalue weighted by Crippen LogP contribution is 2.29. The van der Waals surface area contributed by atoms with Crippen molar-refractivity contribution in [1.29, 1.82) is 5.26 Å². The Kier molecular flexibility index (Phi) is 3.44. The first-order valence-electron chi connectivity index (χ1n) is 6.89. The molecule has 0 saturated carbocycles. The number of carbonyl (C=O) groups is 1. The van der Waals surface area contributed by atoms with Crippen LogP contribution in [-0.2, 0) is 9.53 Å². The SMILES string of the molecule is COC(=O)C1CCCN1c1nc2ccccc2cc1C#N. The van der Waals surface area contributed by atoms with Crippen molar-refractivity contribution in [2.45, 2.75) is 18.9 Å². The largest absolute Gasteiger partial charge is 0.467 e. The summed E-state index contributed by atoms with van der Waals surface area (Å²) in [5, 5.41) is 10.3. The summed E-state index contributed by atoms with van der Waals surface area (Å²) in [6, 6.07) is 11.3. The van der Waals surface area contributed by atoms with Crippen molar-refractivity contribution in [1.82, 2.24) is 4.98 Å². The summed E-state index contributed by atoms with van der Waals surface area (Å²) in [7, 11) is 1.39. The second-order valence-corrected chi connectivity index (χ2v) is 5.04. The molecule has 21 heavy (non-hydrogen) atoms. The third-order valence-electron chi connectivity index (χ3n) is 3.82. The molecule has 0 N–H and O–H groups in total. The minimum atomic E-state index is -0.351. The fourth-order valence-electron chi connectivity index (χ4n) is 2.81. The van der Waals surface area contributed by atoms with E-state index >= 15 is 0 Å². The molecule has 1 saturated heterocycles. The molecule has 1 aliphatic heterocycles. The van der Waals surface area contributed by atoms with Gasteiger partial charge >= 0.3 is 5.97 Å². The monoisotopic (exact) mass is 281 g/mol. The molecule has 2 heterocycles. The van der Waals surface area contributed by atoms with Crippen LogP contribution in [0.5, 0.6) is 0 Å². The number of carbonyl (C=O) groups excluding carboxylic acids is 1. The van der Waals surface area contributed by atoms with Gasteiger partial charge in [-0.2, -0.15) is 5.26 Å². The predicted octanol–water partition coefficient (Wildman–Crippen LogP) is 2.25. The number of hydrogen-bond donors (Lipinski definition) is 0. The van der Waals surface area contributed by atoms with E-state index in [-0.39, 0.29) is 12.0 Å². The molecular weight excluding hydrogens is 266 g/mol. The van der Waals surface area contributed by atoms with E-state index < -0.39 is 0 Å². The molecular formula is C16H15N3O2. The van der Waals surface area contributed by atoms with E-state index in [9.17, 15) is 10.1 Å². The lowest BCUT2D eigenvalue weighted by Gasteiger charge is -2.24. The van der Waals surface area contributed by atoms with Gasteiger partial charge in [-0.05, 0) is 25.0 Å². The highest BCUT2D eigenvalue weighted by molar-refractivity contribution is 5.85. The lowest BCUT2D eigenvalue weighted by atomic mass is 10.1. The van der Waals surface area contributed by atoms with E-state index in [2.05, 4.69) is 11.1 Å². The maximum atomic E-state index is 11.9. The van der Waals surface area contributed by atoms with E-state index in [0.29, 0.717) is 17.9 Å². The Hall–Kier alpha value is -2.61. The molecule has 0 aliphatic carbocycles. The minimum Gasteiger partial charge on any atom is -0.467 e. The lowest BCUT2D eigenvalue weighted by Crippen LogP contribution is -2.37. The van der Waals surface area contributed by atoms with Crippen LogP contribution in [0, 0.1) is 11.3 Å². The molecule has 1 unspecified atom stereocenters. The number of nitrogens with zero attached hydrogens (tertiary/aromatic N) is 3. The number of benzene rings is 1. The summed E-state index contributed by atoms with van der Waals surface area (Å²) in [6.07, 6.45) is 1.62. The van der Waals surface area contributed by atoms with Crippen LogP contribution in [0.15, 0.2) is 30.3 Å². The molecule has 5 heteroatoms. The zero-order chi connectivity index (χ0) is 14.8. The first-order valence-corrected chi connectivity index (χ1v) is 6.89. The van der Waals surface area contributed by atoms with Gasteiger partial charge < -0.3 is 9.64 Å². The fraction of sp³-hybridized carbons (Fsp3) is 0.312. The van der Waals surface area contributed by atoms with Crippen LogP contribution in [0.3, 0.4) is 0 Å². The van der Waals surface area contributed by atoms with Gasteiger partial charge in [-0.1, -0.05) is 18.2 Å². The molecule has 3 rings (SSSR count). The first-order chi connectivity index (χ1) is 10.2. The second-order valence-electron chi connectivity index (χ2n) is 5.04. The number of pyridine rings is 1. The van der Waals surface area contributed by atoms with Crippen LogP contribution in [0.4, 0.5) is 5.82 Å². The average molecular weight is 281 g/mol. The molecule has 5 nitrogen and oxygen atoms in total. The summed E-state index contributed by atoms with van der Waals surface area (Å²) in [5.41, 5.74) is 1.31. The van der Waals surface area contributed by atoms with Gasteiger partial charge in [-0.15, -0.1) is 0 Å². The van der Waals surface area contributed by atoms with Gasteiger partial charge in [0.15, 0.2) is 0 Å². The maximum absolute atomic E-state index is 11.9. The van der Waals surface area contributed by atoms with E-state index in [1.54, 1.807) is 0 Å². The molecule has 106 valence electrons. The lowest BCUT2D eigenvalue weighted by molar-refractivity contribution is -0.141. The third-order valence-corrected chi connectivity index (χ3v) is 3.82. The molecule has 0 amide bonds. The summed E-state index contributed by atoms with van der Waals surface area (Å²) < 4.78 is 4.86. The van der Waals surface area contributed by atoms with Crippen molar-refractivity contribution >= 4 is 22.7 Å². The van der Waals surface area contributed by atoms with Crippen molar-refractivity contribution in [2.75, 3.05) is 18.6 Å². The maximum Gasteiger partial charge on any atom is 0.328 e. The second kappa shape index (κ2) is 5.41. The molecule has 2 aromatic rings. The zero-order valence-corrected chi connectivity index (χ0v) is 11.7. The fourth-order valence-corrected chi connectivity index (χ4v) is 2.81. The predicted molar refractivity (Wildman–Crippen MR) is 78.8 cm³/mol. The summed E-state index contributed by atoms with van der Waals surface area (Å²) in [4.78, 5) is 18.4. The van der Waals surface area contributed by atoms with Crippen molar-refractivity contribution in [3.63, 3.8) is 0 Å². The molecule has 1 atom stereocenters. The summed E-state index contributed by atoms with van der Waals surface area (Å²) in [6.45, 7) is 0.708. The van der Waals surface area contributed by atoms with Crippen LogP contribution >= 0.6 is 0 Å². The van der Waals surface area contributed by atoms with Gasteiger partial charge in [0.05, 0.1) is 18.2 Å². The van der Waals surface area contributed by atoms with Gasteiger partial charge in [0.1, 0.15) is 17.9 Å². The number of aromatic nitrogens is 1. The average Bonchev–Trinajstić information content (AvgIpc) is 3.02. The zero-order valence-electron chi connectivity index (χ0n) is 11.7. The number of rotatable bonds is 2. The number of hydrogen-bond acceptors (Lipinski definition) is 5. The highest BCUT2D eigenvalue weighted by atomic mass is 16.5. The molecule has 0 spiro atoms. The van der Waals surface area contributed by atoms with Crippen LogP contribution in [0.2, 0.25) is 0 Å². The number of para-hydroxylation sites is 1. The summed E-state index contributed by atoms with van der Waals surface area (Å²) >= 11 is 0. The van der Waals surface area contributed by atoms with Crippen LogP contribution in [0.25, 0.3) is 10.9 Å². The number of nitriles is 1. The van der Waals surface area contributed by atoms with E-state index in [1.807, 2.05) is 35.2 Å². The van der Waals surface area contributed by atoms with E-state index in [0.717, 1.165) is 23.7 Å². The van der Waals surface area contributed by atoms with E-state index in [1.165, 1.54) is 7.11 Å². The molecule has 1 aliphatic rings. The van der Waals surface area contributed by atoms with Crippen LogP contribution < -0.4 is 4.90 Å². The minimum absolute atomic E-state index is 0.272. The smallest absolute Gasteiger partial charge is 0.328 e. The quantitative estimate of drug-likeness (QED) is 0.790. The summed E-state index contributed by atoms with van der Waals surface area (Å²) in [5.74, 6) is 0.301. The first kappa shape index (κ1) is 13.4. The van der Waals surface area contributed by atoms with Crippen LogP contribution in [-0.4, -0.2) is 30.6 Å². The van der Waals surface area contributed by atoms with Crippen molar-refractivity contribution in [2.24, 2.45) is 0 Å². The molecule has 0 bridgehead atoms. The molecule has 0 radical (unpaired) electrons. The Morgan fingerprint density at radius 3 is 3.05 bits per heavy atom.